The largest absolute Gasteiger partial charge is 0.214 e. The summed E-state index contributed by atoms with van der Waals surface area (Å²) < 4.78 is 0. The van der Waals surface area contributed by atoms with Crippen molar-refractivity contribution in [2.75, 3.05) is 0 Å². The van der Waals surface area contributed by atoms with Crippen molar-refractivity contribution in [1.29, 1.82) is 0 Å². The molecule has 0 fully saturated rings. The molecule has 0 heterocycles. The summed E-state index contributed by atoms with van der Waals surface area (Å²) in [6.45, 7) is 5.24. The molecule has 0 aliphatic carbocycles. The van der Waals surface area contributed by atoms with Gasteiger partial charge in [0, 0.05) is 0 Å². The van der Waals surface area contributed by atoms with Gasteiger partial charge in [0.05, 0.1) is 0 Å². The second kappa shape index (κ2) is 22.9. The Morgan fingerprint density at radius 3 is 1.68 bits per heavy atom. The van der Waals surface area contributed by atoms with Gasteiger partial charge >= 0.3 is 47.3 Å². The first kappa shape index (κ1) is 32.3. The van der Waals surface area contributed by atoms with Gasteiger partial charge in [-0.3, -0.25) is 0 Å². The quantitative estimate of drug-likeness (QED) is 0.244. The molecule has 0 saturated heterocycles. The van der Waals surface area contributed by atoms with Gasteiger partial charge in [0.15, 0.2) is 0 Å². The van der Waals surface area contributed by atoms with Crippen LogP contribution in [0.25, 0.3) is 0 Å². The third-order valence-corrected chi connectivity index (χ3v) is 3.68. The summed E-state index contributed by atoms with van der Waals surface area (Å²) in [6.07, 6.45) is 2.33. The Balaban J connectivity index is -0.000000352. The summed E-state index contributed by atoms with van der Waals surface area (Å²) in [7, 11) is 0. The van der Waals surface area contributed by atoms with Crippen molar-refractivity contribution in [2.45, 2.75) is 19.8 Å². The Hall–Kier alpha value is -0.401. The Labute approximate surface area is 210 Å². The van der Waals surface area contributed by atoms with Crippen molar-refractivity contribution in [3.8, 4) is 0 Å². The van der Waals surface area contributed by atoms with Crippen LogP contribution in [0.5, 0.6) is 0 Å². The minimum atomic E-state index is 0. The second-order valence-corrected chi connectivity index (χ2v) is 5.45. The molecule has 4 aromatic rings. The van der Waals surface area contributed by atoms with Crippen LogP contribution >= 0.6 is 0 Å². The Morgan fingerprint density at radius 2 is 1.36 bits per heavy atom. The summed E-state index contributed by atoms with van der Waals surface area (Å²) in [4.78, 5) is 0. The van der Waals surface area contributed by atoms with Crippen molar-refractivity contribution in [2.24, 2.45) is 0 Å². The summed E-state index contributed by atoms with van der Waals surface area (Å²) in [5.41, 5.74) is 4.35. The standard InChI is InChI=1S/C13H14.2C5H5.2ClH.Fe.Si.Zr/c1-11-5-4-8-13(11)10-9-12-6-2-3-7-12;2*1-2-4-5-3-1;;;;;/h2-8H,9-10H2,1H3;2*1-5H;2*1H;;;/q-2;2*-1;;;+2;;+2/p-2. The molecule has 0 nitrogen and oxygen atoms in total. The van der Waals surface area contributed by atoms with E-state index in [0.29, 0.717) is 0 Å². The van der Waals surface area contributed by atoms with Gasteiger partial charge in [-0.25, -0.2) is 48.5 Å². The molecular formula is C23H24Cl2FeSiZr-2. The molecule has 148 valence electrons. The molecule has 0 aliphatic rings. The number of aryl methyl sites for hydroxylation is 3. The van der Waals surface area contributed by atoms with Crippen LogP contribution in [0.2, 0.25) is 0 Å². The molecule has 0 N–H and O–H groups in total. The van der Waals surface area contributed by atoms with E-state index in [2.05, 4.69) is 56.3 Å². The number of halogens is 2. The van der Waals surface area contributed by atoms with E-state index in [1.807, 2.05) is 60.7 Å². The maximum atomic E-state index is 3.06. The van der Waals surface area contributed by atoms with E-state index in [1.165, 1.54) is 46.4 Å². The van der Waals surface area contributed by atoms with Gasteiger partial charge in [-0.05, 0) is 0 Å². The molecule has 0 aromatic heterocycles. The predicted molar refractivity (Wildman–Crippen MR) is 106 cm³/mol. The molecular weight excluding hydrogens is 522 g/mol. The Kier molecular flexibility index (Phi) is 26.4. The van der Waals surface area contributed by atoms with Gasteiger partial charge in [-0.2, -0.15) is 71.3 Å². The zero-order valence-corrected chi connectivity index (χ0v) is 21.9. The van der Waals surface area contributed by atoms with E-state index in [1.54, 1.807) is 0 Å². The molecule has 2 radical (unpaired) electrons. The number of hydrogen-bond acceptors (Lipinski definition) is 0. The molecule has 0 spiro atoms. The minimum Gasteiger partial charge on any atom is -0.214 e. The fraction of sp³-hybridized carbons (Fsp3) is 0.130. The first-order valence-electron chi connectivity index (χ1n) is 8.36. The van der Waals surface area contributed by atoms with E-state index < -0.39 is 0 Å². The average Bonchev–Trinajstić information content (AvgIpc) is 3.47. The van der Waals surface area contributed by atoms with E-state index in [9.17, 15) is 0 Å². The van der Waals surface area contributed by atoms with Crippen LogP contribution in [0.1, 0.15) is 16.7 Å². The normalized spacial score (nSPS) is 7.96. The average molecular weight is 547 g/mol. The minimum absolute atomic E-state index is 0. The molecule has 4 aromatic carbocycles. The summed E-state index contributed by atoms with van der Waals surface area (Å²) in [6, 6.07) is 35.1. The zero-order valence-electron chi connectivity index (χ0n) is 15.8. The van der Waals surface area contributed by atoms with Crippen LogP contribution in [0.4, 0.5) is 0 Å². The summed E-state index contributed by atoms with van der Waals surface area (Å²) >= 11 is 1.36. The van der Waals surface area contributed by atoms with Crippen molar-refractivity contribution >= 4 is 6.88 Å². The first-order valence-corrected chi connectivity index (χ1v) is 12.5. The SMILES string of the molecule is Cc1ccc[c-]1CCc1ccc[cH-]1.[Cl-].[Cl-].[Fe+2].[Si]=[Zr+2].c1cc[cH-]c1.c1cc[cH-]c1. The van der Waals surface area contributed by atoms with E-state index in [-0.39, 0.29) is 41.9 Å². The van der Waals surface area contributed by atoms with Gasteiger partial charge in [-0.15, -0.1) is 0 Å². The molecule has 28 heavy (non-hydrogen) atoms. The van der Waals surface area contributed by atoms with Crippen LogP contribution in [0.3, 0.4) is 0 Å². The molecule has 0 bridgehead atoms. The van der Waals surface area contributed by atoms with Crippen LogP contribution < -0.4 is 24.8 Å². The molecule has 0 unspecified atom stereocenters. The molecule has 0 amide bonds. The number of rotatable bonds is 3. The molecule has 0 aliphatic heterocycles. The molecule has 4 rings (SSSR count). The van der Waals surface area contributed by atoms with Crippen LogP contribution in [0.15, 0.2) is 103 Å². The topological polar surface area (TPSA) is 0 Å². The van der Waals surface area contributed by atoms with E-state index >= 15 is 0 Å². The van der Waals surface area contributed by atoms with Gasteiger partial charge in [0.1, 0.15) is 0 Å². The predicted octanol–water partition coefficient (Wildman–Crippen LogP) is -0.349. The first-order chi connectivity index (χ1) is 12.4. The van der Waals surface area contributed by atoms with Gasteiger partial charge in [0.25, 0.3) is 0 Å². The van der Waals surface area contributed by atoms with Crippen molar-refractivity contribution < 1.29 is 65.2 Å². The van der Waals surface area contributed by atoms with Crippen LogP contribution in [-0.2, 0) is 53.2 Å². The Bertz CT molecular complexity index is 656. The molecule has 5 heteroatoms. The fourth-order valence-corrected chi connectivity index (χ4v) is 2.33. The van der Waals surface area contributed by atoms with Crippen molar-refractivity contribution in [3.05, 3.63) is 120 Å². The van der Waals surface area contributed by atoms with Crippen molar-refractivity contribution in [1.82, 2.24) is 0 Å². The second-order valence-electron chi connectivity index (χ2n) is 5.45. The third-order valence-electron chi connectivity index (χ3n) is 3.68. The summed E-state index contributed by atoms with van der Waals surface area (Å²) in [5.74, 6) is 0. The van der Waals surface area contributed by atoms with Crippen molar-refractivity contribution in [3.63, 3.8) is 0 Å². The maximum absolute atomic E-state index is 3.06. The number of hydrogen-bond donors (Lipinski definition) is 0. The van der Waals surface area contributed by atoms with E-state index in [4.69, 9.17) is 0 Å². The monoisotopic (exact) mass is 544 g/mol. The van der Waals surface area contributed by atoms with Crippen LogP contribution in [-0.4, -0.2) is 6.88 Å². The van der Waals surface area contributed by atoms with Gasteiger partial charge in [0.2, 0.25) is 0 Å². The third kappa shape index (κ3) is 15.5. The van der Waals surface area contributed by atoms with Gasteiger partial charge in [-0.1, -0.05) is 19.8 Å². The van der Waals surface area contributed by atoms with E-state index in [0.717, 1.165) is 6.42 Å². The van der Waals surface area contributed by atoms with Gasteiger partial charge < -0.3 is 24.8 Å². The zero-order chi connectivity index (χ0) is 18.2. The smallest absolute Gasteiger partial charge is 0.172 e. The maximum Gasteiger partial charge on any atom is -0.172 e. The van der Waals surface area contributed by atoms with Crippen LogP contribution in [0, 0.1) is 6.92 Å². The molecule has 0 saturated carbocycles. The molecule has 0 atom stereocenters. The fourth-order valence-electron chi connectivity index (χ4n) is 2.33. The summed E-state index contributed by atoms with van der Waals surface area (Å²) in [5, 5.41) is 0. The Morgan fingerprint density at radius 1 is 0.821 bits per heavy atom.